The van der Waals surface area contributed by atoms with Crippen molar-refractivity contribution in [2.75, 3.05) is 4.90 Å². The topological polar surface area (TPSA) is 55.2 Å². The molecule has 0 spiro atoms. The Labute approximate surface area is 165 Å². The van der Waals surface area contributed by atoms with Gasteiger partial charge in [-0.05, 0) is 49.4 Å². The number of anilines is 1. The van der Waals surface area contributed by atoms with Crippen LogP contribution in [0.2, 0.25) is 5.02 Å². The van der Waals surface area contributed by atoms with Crippen molar-refractivity contribution < 1.29 is 9.59 Å². The number of imidazole rings is 1. The molecule has 2 amide bonds. The summed E-state index contributed by atoms with van der Waals surface area (Å²) in [5.74, 6) is 0.145. The van der Waals surface area contributed by atoms with Crippen molar-refractivity contribution in [1.29, 1.82) is 0 Å². The van der Waals surface area contributed by atoms with Gasteiger partial charge in [0.15, 0.2) is 0 Å². The van der Waals surface area contributed by atoms with Gasteiger partial charge in [0, 0.05) is 39.3 Å². The summed E-state index contributed by atoms with van der Waals surface area (Å²) in [5, 5.41) is 2.06. The number of nitrogens with zero attached hydrogens (tertiary/aromatic N) is 3. The zero-order chi connectivity index (χ0) is 19.4. The summed E-state index contributed by atoms with van der Waals surface area (Å²) in [4.78, 5) is 31.9. The Kier molecular flexibility index (Phi) is 3.60. The highest BCUT2D eigenvalue weighted by Gasteiger charge is 2.34. The van der Waals surface area contributed by atoms with Gasteiger partial charge in [-0.3, -0.25) is 9.59 Å². The number of amides is 2. The van der Waals surface area contributed by atoms with Crippen LogP contribution in [0.5, 0.6) is 0 Å². The second kappa shape index (κ2) is 6.04. The first-order chi connectivity index (χ1) is 13.6. The molecular weight excluding hydrogens is 374 g/mol. The van der Waals surface area contributed by atoms with E-state index >= 15 is 0 Å². The molecule has 5 rings (SSSR count). The molecule has 0 saturated carbocycles. The molecule has 136 valence electrons. The maximum absolute atomic E-state index is 13.2. The summed E-state index contributed by atoms with van der Waals surface area (Å²) < 4.78 is 1.95. The number of imide groups is 1. The Balaban J connectivity index is 1.76. The van der Waals surface area contributed by atoms with Crippen LogP contribution >= 0.6 is 11.6 Å². The minimum atomic E-state index is -0.343. The maximum Gasteiger partial charge on any atom is 0.265 e. The summed E-state index contributed by atoms with van der Waals surface area (Å²) in [7, 11) is 0. The molecule has 1 aliphatic heterocycles. The third-order valence-electron chi connectivity index (χ3n) is 5.05. The number of hydrogen-bond acceptors (Lipinski definition) is 3. The quantitative estimate of drug-likeness (QED) is 0.465. The highest BCUT2D eigenvalue weighted by Crippen LogP contribution is 2.36. The standard InChI is InChI=1S/C22H14ClN3O2/c1-13-24-11-12-25(13)19-10-9-18-20-16(19)3-2-4-17(20)21(27)26(22(18)28)15-7-5-14(23)6-8-15/h2-12H,1H3. The first-order valence-electron chi connectivity index (χ1n) is 8.76. The Bertz CT molecular complexity index is 1250. The van der Waals surface area contributed by atoms with Crippen LogP contribution in [0.15, 0.2) is 67.0 Å². The normalized spacial score (nSPS) is 13.4. The SMILES string of the molecule is Cc1nccn1-c1ccc2c3c(cccc13)C(=O)N(c1ccc(Cl)cc1)C2=O. The van der Waals surface area contributed by atoms with Gasteiger partial charge in [-0.15, -0.1) is 0 Å². The van der Waals surface area contributed by atoms with Gasteiger partial charge in [0.25, 0.3) is 11.8 Å². The highest BCUT2D eigenvalue weighted by atomic mass is 35.5. The molecule has 0 N–H and O–H groups in total. The van der Waals surface area contributed by atoms with Gasteiger partial charge in [-0.1, -0.05) is 23.7 Å². The van der Waals surface area contributed by atoms with E-state index in [2.05, 4.69) is 4.98 Å². The fraction of sp³-hybridized carbons (Fsp3) is 0.0455. The number of carbonyl (C=O) groups excluding carboxylic acids is 2. The van der Waals surface area contributed by atoms with Gasteiger partial charge in [-0.2, -0.15) is 0 Å². The summed E-state index contributed by atoms with van der Waals surface area (Å²) in [5.41, 5.74) is 2.39. The van der Waals surface area contributed by atoms with Crippen molar-refractivity contribution >= 4 is 39.9 Å². The van der Waals surface area contributed by atoms with Crippen LogP contribution in [-0.2, 0) is 0 Å². The summed E-state index contributed by atoms with van der Waals surface area (Å²) >= 11 is 5.95. The van der Waals surface area contributed by atoms with E-state index in [-0.39, 0.29) is 11.8 Å². The number of benzene rings is 3. The van der Waals surface area contributed by atoms with E-state index in [1.807, 2.05) is 35.9 Å². The lowest BCUT2D eigenvalue weighted by atomic mass is 9.92. The number of hydrogen-bond donors (Lipinski definition) is 0. The lowest BCUT2D eigenvalue weighted by Gasteiger charge is -2.28. The van der Waals surface area contributed by atoms with Gasteiger partial charge < -0.3 is 4.57 Å². The average molecular weight is 388 g/mol. The van der Waals surface area contributed by atoms with Gasteiger partial charge in [0.1, 0.15) is 5.82 Å². The molecule has 2 heterocycles. The van der Waals surface area contributed by atoms with Crippen LogP contribution < -0.4 is 4.90 Å². The molecule has 0 radical (unpaired) electrons. The molecule has 28 heavy (non-hydrogen) atoms. The van der Waals surface area contributed by atoms with E-state index < -0.39 is 0 Å². The van der Waals surface area contributed by atoms with E-state index in [1.54, 1.807) is 42.6 Å². The summed E-state index contributed by atoms with van der Waals surface area (Å²) in [6, 6.07) is 15.9. The smallest absolute Gasteiger partial charge is 0.265 e. The van der Waals surface area contributed by atoms with Crippen molar-refractivity contribution in [1.82, 2.24) is 9.55 Å². The molecular formula is C22H14ClN3O2. The number of halogens is 1. The number of carbonyl (C=O) groups is 2. The predicted octanol–water partition coefficient (Wildman–Crippen LogP) is 4.79. The van der Waals surface area contributed by atoms with E-state index in [9.17, 15) is 9.59 Å². The number of rotatable bonds is 2. The second-order valence-electron chi connectivity index (χ2n) is 6.63. The van der Waals surface area contributed by atoms with E-state index in [0.29, 0.717) is 27.2 Å². The molecule has 0 fully saturated rings. The maximum atomic E-state index is 13.2. The Morgan fingerprint density at radius 2 is 1.61 bits per heavy atom. The molecule has 1 aromatic heterocycles. The van der Waals surface area contributed by atoms with Crippen molar-refractivity contribution in [2.24, 2.45) is 0 Å². The monoisotopic (exact) mass is 387 g/mol. The minimum Gasteiger partial charge on any atom is -0.303 e. The van der Waals surface area contributed by atoms with Crippen LogP contribution in [0.25, 0.3) is 16.5 Å². The van der Waals surface area contributed by atoms with Gasteiger partial charge in [-0.25, -0.2) is 9.88 Å². The summed E-state index contributed by atoms with van der Waals surface area (Å²) in [6.07, 6.45) is 3.59. The zero-order valence-electron chi connectivity index (χ0n) is 14.9. The third-order valence-corrected chi connectivity index (χ3v) is 5.31. The molecule has 5 nitrogen and oxygen atoms in total. The fourth-order valence-corrected chi connectivity index (χ4v) is 3.87. The molecule has 6 heteroatoms. The average Bonchev–Trinajstić information content (AvgIpc) is 3.13. The molecule has 0 unspecified atom stereocenters. The molecule has 1 aliphatic rings. The minimum absolute atomic E-state index is 0.343. The fourth-order valence-electron chi connectivity index (χ4n) is 3.75. The summed E-state index contributed by atoms with van der Waals surface area (Å²) in [6.45, 7) is 1.91. The van der Waals surface area contributed by atoms with Crippen LogP contribution in [0.4, 0.5) is 5.69 Å². The number of aryl methyl sites for hydroxylation is 1. The van der Waals surface area contributed by atoms with E-state index in [4.69, 9.17) is 11.6 Å². The molecule has 0 saturated heterocycles. The Hall–Kier alpha value is -3.44. The molecule has 0 aliphatic carbocycles. The lowest BCUT2D eigenvalue weighted by molar-refractivity contribution is 0.0893. The Morgan fingerprint density at radius 3 is 2.29 bits per heavy atom. The first kappa shape index (κ1) is 16.7. The first-order valence-corrected chi connectivity index (χ1v) is 9.14. The third kappa shape index (κ3) is 2.30. The number of aromatic nitrogens is 2. The van der Waals surface area contributed by atoms with Crippen molar-refractivity contribution in [3.63, 3.8) is 0 Å². The molecule has 3 aromatic carbocycles. The van der Waals surface area contributed by atoms with Gasteiger partial charge in [0.05, 0.1) is 11.4 Å². The largest absolute Gasteiger partial charge is 0.303 e. The van der Waals surface area contributed by atoms with Gasteiger partial charge in [0.2, 0.25) is 0 Å². The van der Waals surface area contributed by atoms with Gasteiger partial charge >= 0.3 is 0 Å². The molecule has 0 atom stereocenters. The second-order valence-corrected chi connectivity index (χ2v) is 7.06. The predicted molar refractivity (Wildman–Crippen MR) is 108 cm³/mol. The zero-order valence-corrected chi connectivity index (χ0v) is 15.6. The van der Waals surface area contributed by atoms with Crippen molar-refractivity contribution in [3.8, 4) is 5.69 Å². The Morgan fingerprint density at radius 1 is 0.893 bits per heavy atom. The molecule has 4 aromatic rings. The van der Waals surface area contributed by atoms with Crippen LogP contribution in [0.1, 0.15) is 26.5 Å². The van der Waals surface area contributed by atoms with Crippen LogP contribution in [0.3, 0.4) is 0 Å². The highest BCUT2D eigenvalue weighted by molar-refractivity contribution is 6.36. The van der Waals surface area contributed by atoms with Crippen LogP contribution in [0, 0.1) is 6.92 Å². The van der Waals surface area contributed by atoms with Crippen LogP contribution in [-0.4, -0.2) is 21.4 Å². The van der Waals surface area contributed by atoms with E-state index in [1.165, 1.54) is 4.90 Å². The van der Waals surface area contributed by atoms with Crippen molar-refractivity contribution in [3.05, 3.63) is 89.0 Å². The van der Waals surface area contributed by atoms with Crippen molar-refractivity contribution in [2.45, 2.75) is 6.92 Å². The molecule has 0 bridgehead atoms. The lowest BCUT2D eigenvalue weighted by Crippen LogP contribution is -2.40. The van der Waals surface area contributed by atoms with E-state index in [0.717, 1.165) is 16.9 Å².